The number of hydrogen-bond acceptors (Lipinski definition) is 7. The molecule has 0 radical (unpaired) electrons. The molecule has 0 saturated heterocycles. The number of pyridine rings is 2. The second-order valence-electron chi connectivity index (χ2n) is 6.26. The van der Waals surface area contributed by atoms with E-state index in [9.17, 15) is 9.18 Å². The van der Waals surface area contributed by atoms with Gasteiger partial charge < -0.3 is 15.5 Å². The van der Waals surface area contributed by atoms with Gasteiger partial charge in [0, 0.05) is 26.4 Å². The lowest BCUT2D eigenvalue weighted by atomic mass is 10.2. The van der Waals surface area contributed by atoms with Crippen molar-refractivity contribution in [1.82, 2.24) is 15.4 Å². The molecular formula is C20H21FN6O2. The molecule has 0 aliphatic rings. The van der Waals surface area contributed by atoms with Crippen LogP contribution in [-0.4, -0.2) is 37.1 Å². The molecule has 9 heteroatoms. The zero-order chi connectivity index (χ0) is 20.8. The molecule has 0 bridgehead atoms. The van der Waals surface area contributed by atoms with E-state index in [1.807, 2.05) is 43.3 Å². The van der Waals surface area contributed by atoms with Crippen LogP contribution in [0.5, 0.6) is 0 Å². The van der Waals surface area contributed by atoms with Gasteiger partial charge in [-0.15, -0.1) is 0 Å². The molecule has 0 atom stereocenters. The number of hydrogen-bond donors (Lipinski definition) is 3. The van der Waals surface area contributed by atoms with Crippen molar-refractivity contribution >= 4 is 34.6 Å². The van der Waals surface area contributed by atoms with E-state index in [2.05, 4.69) is 26.1 Å². The minimum atomic E-state index is -0.607. The van der Waals surface area contributed by atoms with Crippen LogP contribution < -0.4 is 21.0 Å². The van der Waals surface area contributed by atoms with E-state index in [1.165, 1.54) is 25.4 Å². The first-order chi connectivity index (χ1) is 14.0. The number of rotatable bonds is 7. The molecule has 1 amide bonds. The summed E-state index contributed by atoms with van der Waals surface area (Å²) in [6.07, 6.45) is 1.40. The van der Waals surface area contributed by atoms with Gasteiger partial charge in [-0.25, -0.2) is 15.4 Å². The second kappa shape index (κ2) is 8.98. The summed E-state index contributed by atoms with van der Waals surface area (Å²) in [5, 5.41) is 6.20. The van der Waals surface area contributed by atoms with E-state index in [1.54, 1.807) is 12.1 Å². The van der Waals surface area contributed by atoms with Gasteiger partial charge in [-0.2, -0.15) is 4.39 Å². The molecule has 150 valence electrons. The van der Waals surface area contributed by atoms with E-state index in [4.69, 9.17) is 4.84 Å². The maximum absolute atomic E-state index is 13.4. The maximum atomic E-state index is 13.4. The lowest BCUT2D eigenvalue weighted by Crippen LogP contribution is -2.23. The van der Waals surface area contributed by atoms with Crippen LogP contribution in [0.2, 0.25) is 0 Å². The molecule has 0 saturated carbocycles. The normalized spacial score (nSPS) is 10.3. The molecule has 3 aromatic rings. The summed E-state index contributed by atoms with van der Waals surface area (Å²) in [7, 11) is 5.20. The van der Waals surface area contributed by atoms with Crippen molar-refractivity contribution < 1.29 is 14.0 Å². The Kier molecular flexibility index (Phi) is 6.20. The fraction of sp³-hybridized carbons (Fsp3) is 0.150. The Morgan fingerprint density at radius 3 is 2.55 bits per heavy atom. The molecule has 0 aliphatic carbocycles. The van der Waals surface area contributed by atoms with Crippen molar-refractivity contribution in [1.29, 1.82) is 0 Å². The molecule has 0 aliphatic heterocycles. The quantitative estimate of drug-likeness (QED) is 0.416. The Morgan fingerprint density at radius 2 is 1.83 bits per heavy atom. The van der Waals surface area contributed by atoms with Gasteiger partial charge in [-0.3, -0.25) is 9.63 Å². The van der Waals surface area contributed by atoms with Gasteiger partial charge in [0.15, 0.2) is 0 Å². The average molecular weight is 396 g/mol. The number of nitrogens with one attached hydrogen (secondary N) is 3. The number of benzene rings is 1. The minimum absolute atomic E-state index is 0.276. The molecule has 2 aromatic heterocycles. The molecule has 2 heterocycles. The summed E-state index contributed by atoms with van der Waals surface area (Å²) in [6, 6.07) is 13.7. The van der Waals surface area contributed by atoms with Crippen LogP contribution in [0, 0.1) is 5.95 Å². The number of nitrogens with zero attached hydrogens (tertiary/aromatic N) is 3. The number of para-hydroxylation sites is 2. The van der Waals surface area contributed by atoms with Crippen molar-refractivity contribution in [3.63, 3.8) is 0 Å². The fourth-order valence-corrected chi connectivity index (χ4v) is 2.68. The topological polar surface area (TPSA) is 91.4 Å². The van der Waals surface area contributed by atoms with Gasteiger partial charge in [0.25, 0.3) is 5.91 Å². The Morgan fingerprint density at radius 1 is 1.03 bits per heavy atom. The van der Waals surface area contributed by atoms with Crippen molar-refractivity contribution in [2.24, 2.45) is 0 Å². The van der Waals surface area contributed by atoms with E-state index in [0.717, 1.165) is 11.4 Å². The van der Waals surface area contributed by atoms with Crippen LogP contribution >= 0.6 is 0 Å². The number of amides is 1. The minimum Gasteiger partial charge on any atom is -0.376 e. The summed E-state index contributed by atoms with van der Waals surface area (Å²) >= 11 is 0. The average Bonchev–Trinajstić information content (AvgIpc) is 2.68. The summed E-state index contributed by atoms with van der Waals surface area (Å²) in [6.45, 7) is 0. The fourth-order valence-electron chi connectivity index (χ4n) is 2.68. The summed E-state index contributed by atoms with van der Waals surface area (Å²) < 4.78 is 13.4. The molecule has 3 rings (SSSR count). The molecule has 8 nitrogen and oxygen atoms in total. The molecule has 0 fully saturated rings. The molecule has 1 aromatic carbocycles. The first-order valence-corrected chi connectivity index (χ1v) is 8.74. The van der Waals surface area contributed by atoms with Crippen molar-refractivity contribution in [3.8, 4) is 0 Å². The van der Waals surface area contributed by atoms with Gasteiger partial charge in [-0.05, 0) is 24.3 Å². The van der Waals surface area contributed by atoms with Crippen molar-refractivity contribution in [2.75, 3.05) is 36.7 Å². The number of anilines is 5. The van der Waals surface area contributed by atoms with E-state index in [-0.39, 0.29) is 5.56 Å². The van der Waals surface area contributed by atoms with Crippen molar-refractivity contribution in [3.05, 3.63) is 66.2 Å². The number of hydroxylamine groups is 1. The highest BCUT2D eigenvalue weighted by molar-refractivity contribution is 6.00. The Bertz CT molecular complexity index is 1010. The largest absolute Gasteiger partial charge is 0.376 e. The lowest BCUT2D eigenvalue weighted by Gasteiger charge is -2.20. The van der Waals surface area contributed by atoms with Crippen molar-refractivity contribution in [2.45, 2.75) is 0 Å². The molecule has 0 unspecified atom stereocenters. The van der Waals surface area contributed by atoms with Gasteiger partial charge in [-0.1, -0.05) is 18.2 Å². The first kappa shape index (κ1) is 20.0. The Hall–Kier alpha value is -3.72. The summed E-state index contributed by atoms with van der Waals surface area (Å²) in [5.74, 6) is -0.377. The predicted octanol–water partition coefficient (Wildman–Crippen LogP) is 3.46. The van der Waals surface area contributed by atoms with Crippen LogP contribution in [0.3, 0.4) is 0 Å². The van der Waals surface area contributed by atoms with Gasteiger partial charge >= 0.3 is 0 Å². The van der Waals surface area contributed by atoms with Crippen LogP contribution in [0.1, 0.15) is 10.4 Å². The van der Waals surface area contributed by atoms with Gasteiger partial charge in [0.1, 0.15) is 11.6 Å². The third-order valence-electron chi connectivity index (χ3n) is 3.97. The Labute approximate surface area is 167 Å². The number of halogens is 1. The molecular weight excluding hydrogens is 375 g/mol. The standard InChI is InChI=1S/C20H21FN6O2/c1-27(2)16-8-5-4-7-14(16)23-15-11-19(22-12-13(15)20(28)26-29-3)25-18-10-6-9-17(21)24-18/h4-12H,1-3H3,(H,26,28)(H2,22,23,24,25). The zero-order valence-corrected chi connectivity index (χ0v) is 16.2. The van der Waals surface area contributed by atoms with Crippen LogP contribution in [0.25, 0.3) is 0 Å². The van der Waals surface area contributed by atoms with Gasteiger partial charge in [0.05, 0.1) is 29.7 Å². The van der Waals surface area contributed by atoms with Crippen LogP contribution in [-0.2, 0) is 4.84 Å². The van der Waals surface area contributed by atoms with E-state index < -0.39 is 11.9 Å². The zero-order valence-electron chi connectivity index (χ0n) is 16.2. The lowest BCUT2D eigenvalue weighted by molar-refractivity contribution is 0.0538. The monoisotopic (exact) mass is 396 g/mol. The number of carbonyl (C=O) groups is 1. The highest BCUT2D eigenvalue weighted by atomic mass is 19.1. The smallest absolute Gasteiger partial charge is 0.278 e. The van der Waals surface area contributed by atoms with Gasteiger partial charge in [0.2, 0.25) is 5.95 Å². The number of aromatic nitrogens is 2. The third kappa shape index (κ3) is 4.96. The highest BCUT2D eigenvalue weighted by Gasteiger charge is 2.15. The predicted molar refractivity (Wildman–Crippen MR) is 110 cm³/mol. The highest BCUT2D eigenvalue weighted by Crippen LogP contribution is 2.30. The summed E-state index contributed by atoms with van der Waals surface area (Å²) in [4.78, 5) is 27.1. The van der Waals surface area contributed by atoms with E-state index >= 15 is 0 Å². The maximum Gasteiger partial charge on any atom is 0.278 e. The summed E-state index contributed by atoms with van der Waals surface area (Å²) in [5.41, 5.74) is 4.79. The third-order valence-corrected chi connectivity index (χ3v) is 3.97. The van der Waals surface area contributed by atoms with Crippen LogP contribution in [0.4, 0.5) is 33.1 Å². The number of carbonyl (C=O) groups excluding carboxylic acids is 1. The van der Waals surface area contributed by atoms with Crippen LogP contribution in [0.15, 0.2) is 54.7 Å². The molecule has 3 N–H and O–H groups in total. The van der Waals surface area contributed by atoms with E-state index in [0.29, 0.717) is 17.3 Å². The SMILES string of the molecule is CONC(=O)c1cnc(Nc2cccc(F)n2)cc1Nc1ccccc1N(C)C. The second-order valence-corrected chi connectivity index (χ2v) is 6.26. The molecule has 0 spiro atoms. The first-order valence-electron chi connectivity index (χ1n) is 8.74. The Balaban J connectivity index is 1.98. The molecule has 29 heavy (non-hydrogen) atoms.